The van der Waals surface area contributed by atoms with Crippen LogP contribution in [0.3, 0.4) is 0 Å². The Hall–Kier alpha value is -4.36. The Balaban J connectivity index is 1.80. The number of hydrogen-bond donors (Lipinski definition) is 0. The van der Waals surface area contributed by atoms with Gasteiger partial charge in [0.05, 0.1) is 15.1 Å². The number of benzene rings is 6. The third-order valence-corrected chi connectivity index (χ3v) is 5.85. The summed E-state index contributed by atoms with van der Waals surface area (Å²) in [5, 5.41) is 1.19. The third kappa shape index (κ3) is 2.73. The molecule has 6 aromatic carbocycles. The van der Waals surface area contributed by atoms with E-state index < -0.39 is 48.3 Å². The van der Waals surface area contributed by atoms with Gasteiger partial charge in [-0.1, -0.05) is 103 Å². The van der Waals surface area contributed by atoms with Crippen LogP contribution in [0.4, 0.5) is 0 Å². The predicted octanol–water partition coefficient (Wildman–Crippen LogP) is 9.23. The van der Waals surface area contributed by atoms with Crippen molar-refractivity contribution >= 4 is 43.5 Å². The molecule has 1 heteroatoms. The Morgan fingerprint density at radius 2 is 1.03 bits per heavy atom. The highest BCUT2D eigenvalue weighted by Crippen LogP contribution is 2.44. The third-order valence-electron chi connectivity index (χ3n) is 5.85. The first-order valence-electron chi connectivity index (χ1n) is 15.9. The second-order valence-corrected chi connectivity index (χ2v) is 7.67. The second kappa shape index (κ2) is 7.08. The van der Waals surface area contributed by atoms with E-state index in [-0.39, 0.29) is 62.0 Å². The first kappa shape index (κ1) is 10.5. The molecule has 0 bridgehead atoms. The predicted molar refractivity (Wildman–Crippen MR) is 140 cm³/mol. The van der Waals surface area contributed by atoms with Gasteiger partial charge in [0.1, 0.15) is 11.2 Å². The number of furan rings is 1. The zero-order valence-corrected chi connectivity index (χ0v) is 17.1. The van der Waals surface area contributed by atoms with E-state index in [1.165, 1.54) is 0 Å². The maximum Gasteiger partial charge on any atom is 0.135 e. The Labute approximate surface area is 207 Å². The summed E-state index contributed by atoms with van der Waals surface area (Å²) < 4.78 is 101. The minimum atomic E-state index is -0.537. The summed E-state index contributed by atoms with van der Waals surface area (Å²) in [6, 6.07) is 11.4. The molecule has 0 radical (unpaired) electrons. The largest absolute Gasteiger partial charge is 0.456 e. The summed E-state index contributed by atoms with van der Waals surface area (Å²) in [6.07, 6.45) is 0. The molecule has 0 saturated heterocycles. The topological polar surface area (TPSA) is 13.1 Å². The van der Waals surface area contributed by atoms with Crippen LogP contribution in [0, 0.1) is 0 Å². The van der Waals surface area contributed by atoms with Gasteiger partial charge in [0.2, 0.25) is 0 Å². The van der Waals surface area contributed by atoms with Crippen molar-refractivity contribution in [2.75, 3.05) is 0 Å². The van der Waals surface area contributed by atoms with Crippen molar-refractivity contribution in [3.05, 3.63) is 121 Å². The van der Waals surface area contributed by atoms with Gasteiger partial charge in [-0.3, -0.25) is 0 Å². The van der Waals surface area contributed by atoms with Gasteiger partial charge < -0.3 is 4.42 Å². The monoisotopic (exact) mass is 431 g/mol. The van der Waals surface area contributed by atoms with Crippen LogP contribution >= 0.6 is 0 Å². The average molecular weight is 432 g/mol. The second-order valence-electron chi connectivity index (χ2n) is 7.67. The van der Waals surface area contributed by atoms with Gasteiger partial charge in [-0.25, -0.2) is 0 Å². The van der Waals surface area contributed by atoms with E-state index in [2.05, 4.69) is 0 Å². The van der Waals surface area contributed by atoms with Gasteiger partial charge in [0.25, 0.3) is 0 Å². The van der Waals surface area contributed by atoms with E-state index in [0.717, 1.165) is 0 Å². The molecule has 0 aliphatic rings. The first-order valence-corrected chi connectivity index (χ1v) is 10.4. The summed E-state index contributed by atoms with van der Waals surface area (Å²) in [4.78, 5) is 0. The number of rotatable bonds is 2. The zero-order valence-electron chi connectivity index (χ0n) is 28.1. The van der Waals surface area contributed by atoms with E-state index in [9.17, 15) is 1.37 Å². The molecule has 1 heterocycles. The SMILES string of the molecule is [2H]c1c([2H])c([2H])c2c(oc3c([2H])c([2H])c(-c4c5ccccc5c(-c5ccccc5)c5c([2H])c([2H])c([2H])c([2H])c45)c([2H])c32)c1[2H]. The van der Waals surface area contributed by atoms with Crippen LogP contribution in [0.2, 0.25) is 0 Å². The van der Waals surface area contributed by atoms with Crippen LogP contribution in [0.5, 0.6) is 0 Å². The lowest BCUT2D eigenvalue weighted by molar-refractivity contribution is 0.669. The molecule has 1 aromatic heterocycles. The van der Waals surface area contributed by atoms with Gasteiger partial charge in [-0.05, 0) is 61.9 Å². The summed E-state index contributed by atoms with van der Waals surface area (Å²) in [5.41, 5.74) is 0.838. The first-order chi connectivity index (χ1) is 21.0. The minimum Gasteiger partial charge on any atom is -0.456 e. The van der Waals surface area contributed by atoms with Crippen molar-refractivity contribution in [3.63, 3.8) is 0 Å². The van der Waals surface area contributed by atoms with E-state index >= 15 is 0 Å². The molecule has 0 atom stereocenters. The van der Waals surface area contributed by atoms with E-state index in [4.69, 9.17) is 18.1 Å². The molecule has 0 amide bonds. The van der Waals surface area contributed by atoms with Crippen molar-refractivity contribution in [3.8, 4) is 22.3 Å². The van der Waals surface area contributed by atoms with Crippen LogP contribution in [0.1, 0.15) is 15.1 Å². The van der Waals surface area contributed by atoms with Gasteiger partial charge in [-0.15, -0.1) is 0 Å². The molecule has 0 saturated carbocycles. The fourth-order valence-electron chi connectivity index (χ4n) is 4.47. The molecule has 154 valence electrons. The molecule has 7 rings (SSSR count). The van der Waals surface area contributed by atoms with Crippen LogP contribution in [0.15, 0.2) is 125 Å². The quantitative estimate of drug-likeness (QED) is 0.249. The zero-order chi connectivity index (χ0) is 31.4. The number of fused-ring (bicyclic) bond motifs is 5. The Morgan fingerprint density at radius 3 is 1.76 bits per heavy atom. The van der Waals surface area contributed by atoms with E-state index in [1.54, 1.807) is 24.3 Å². The van der Waals surface area contributed by atoms with Crippen molar-refractivity contribution < 1.29 is 19.5 Å². The molecule has 1 nitrogen and oxygen atoms in total. The van der Waals surface area contributed by atoms with Crippen LogP contribution in [0.25, 0.3) is 65.7 Å². The Morgan fingerprint density at radius 1 is 0.455 bits per heavy atom. The van der Waals surface area contributed by atoms with Gasteiger partial charge in [0, 0.05) is 10.8 Å². The maximum atomic E-state index is 9.38. The van der Waals surface area contributed by atoms with Crippen LogP contribution in [-0.4, -0.2) is 0 Å². The highest BCUT2D eigenvalue weighted by molar-refractivity contribution is 6.22. The molecule has 0 fully saturated rings. The molecule has 0 aliphatic heterocycles. The molecule has 0 spiro atoms. The maximum absolute atomic E-state index is 9.38. The van der Waals surface area contributed by atoms with Crippen molar-refractivity contribution in [2.45, 2.75) is 0 Å². The van der Waals surface area contributed by atoms with Crippen LogP contribution < -0.4 is 0 Å². The highest BCUT2D eigenvalue weighted by Gasteiger charge is 2.17. The summed E-state index contributed by atoms with van der Waals surface area (Å²) in [7, 11) is 0. The van der Waals surface area contributed by atoms with Crippen molar-refractivity contribution in [2.24, 2.45) is 0 Å². The lowest BCUT2D eigenvalue weighted by Crippen LogP contribution is -1.90. The normalized spacial score (nSPS) is 16.3. The fraction of sp³-hybridized carbons (Fsp3) is 0. The van der Waals surface area contributed by atoms with Gasteiger partial charge in [-0.2, -0.15) is 0 Å². The summed E-state index contributed by atoms with van der Waals surface area (Å²) in [5.74, 6) is 0. The molecule has 0 aliphatic carbocycles. The molecule has 0 unspecified atom stereocenters. The Kier molecular flexibility index (Phi) is 2.25. The summed E-state index contributed by atoms with van der Waals surface area (Å²) in [6.45, 7) is 0. The Bertz CT molecular complexity index is 2400. The average Bonchev–Trinajstić information content (AvgIpc) is 3.45. The standard InChI is InChI=1S/C32H20O/c1-2-10-21(11-3-1)31-24-13-4-6-15-26(24)32(27-16-7-5-14-25(27)31)22-18-19-30-28(20-22)23-12-8-9-17-29(23)33-30/h1-20H/i4D,6D,8D,9D,12D,13D,15D,17D,18D,19D,20D. The smallest absolute Gasteiger partial charge is 0.135 e. The molecular formula is C32H20O. The van der Waals surface area contributed by atoms with Gasteiger partial charge >= 0.3 is 0 Å². The molecule has 0 N–H and O–H groups in total. The van der Waals surface area contributed by atoms with Crippen LogP contribution in [-0.2, 0) is 0 Å². The minimum absolute atomic E-state index is 0.0732. The molecule has 7 aromatic rings. The lowest BCUT2D eigenvalue weighted by atomic mass is 9.86. The molecular weight excluding hydrogens is 400 g/mol. The number of para-hydroxylation sites is 1. The number of hydrogen-bond acceptors (Lipinski definition) is 1. The highest BCUT2D eigenvalue weighted by atomic mass is 16.3. The molecule has 33 heavy (non-hydrogen) atoms. The fourth-order valence-corrected chi connectivity index (χ4v) is 4.47. The van der Waals surface area contributed by atoms with Crippen molar-refractivity contribution in [1.29, 1.82) is 0 Å². The van der Waals surface area contributed by atoms with E-state index in [0.29, 0.717) is 21.9 Å². The van der Waals surface area contributed by atoms with Crippen molar-refractivity contribution in [1.82, 2.24) is 0 Å². The van der Waals surface area contributed by atoms with E-state index in [1.807, 2.05) is 30.3 Å². The summed E-state index contributed by atoms with van der Waals surface area (Å²) >= 11 is 0. The lowest BCUT2D eigenvalue weighted by Gasteiger charge is -2.17. The van der Waals surface area contributed by atoms with Gasteiger partial charge in [0.15, 0.2) is 0 Å².